The van der Waals surface area contributed by atoms with Crippen LogP contribution in [0.25, 0.3) is 5.69 Å². The summed E-state index contributed by atoms with van der Waals surface area (Å²) in [6.07, 6.45) is 0. The first-order valence-corrected chi connectivity index (χ1v) is 12.0. The molecule has 3 aromatic rings. The van der Waals surface area contributed by atoms with Gasteiger partial charge in [-0.25, -0.2) is 4.68 Å². The molecule has 0 atom stereocenters. The van der Waals surface area contributed by atoms with Crippen molar-refractivity contribution >= 4 is 52.4 Å². The van der Waals surface area contributed by atoms with E-state index in [4.69, 9.17) is 39.5 Å². The van der Waals surface area contributed by atoms with E-state index in [1.54, 1.807) is 22.9 Å². The minimum atomic E-state index is -0.400. The standard InChI is InChI=1S/C25H27Cl3N4O3/c1-25(2,3)21-14-22(32(30-21)20-8-6-5-7-18(20)27)29-23(33)15-31(11-12-35-4)24(34)16-9-10-17(26)19(28)13-16/h5-10,13-14H,11-12,15H2,1-4H3,(H,29,33). The molecule has 2 amide bonds. The molecule has 10 heteroatoms. The SMILES string of the molecule is COCCN(CC(=O)Nc1cc(C(C)(C)C)nn1-c1ccccc1Cl)C(=O)c1ccc(Cl)c(Cl)c1. The number of para-hydroxylation sites is 1. The van der Waals surface area contributed by atoms with Crippen molar-refractivity contribution in [2.24, 2.45) is 0 Å². The summed E-state index contributed by atoms with van der Waals surface area (Å²) in [5.74, 6) is -0.323. The van der Waals surface area contributed by atoms with Crippen LogP contribution >= 0.6 is 34.8 Å². The highest BCUT2D eigenvalue weighted by Gasteiger charge is 2.24. The van der Waals surface area contributed by atoms with Crippen molar-refractivity contribution in [2.45, 2.75) is 26.2 Å². The average molecular weight is 538 g/mol. The Bertz CT molecular complexity index is 1220. The van der Waals surface area contributed by atoms with Crippen LogP contribution in [-0.4, -0.2) is 53.3 Å². The van der Waals surface area contributed by atoms with Gasteiger partial charge in [-0.1, -0.05) is 67.7 Å². The lowest BCUT2D eigenvalue weighted by atomic mass is 9.92. The number of aromatic nitrogens is 2. The third kappa shape index (κ3) is 6.76. The fourth-order valence-corrected chi connectivity index (χ4v) is 3.78. The molecule has 0 fully saturated rings. The fraction of sp³-hybridized carbons (Fsp3) is 0.320. The molecule has 0 aliphatic heterocycles. The third-order valence-electron chi connectivity index (χ3n) is 5.18. The Balaban J connectivity index is 1.88. The highest BCUT2D eigenvalue weighted by atomic mass is 35.5. The molecule has 1 heterocycles. The molecule has 3 rings (SSSR count). The summed E-state index contributed by atoms with van der Waals surface area (Å²) < 4.78 is 6.73. The van der Waals surface area contributed by atoms with Gasteiger partial charge in [0, 0.05) is 30.7 Å². The molecule has 1 N–H and O–H groups in total. The number of hydrogen-bond acceptors (Lipinski definition) is 4. The van der Waals surface area contributed by atoms with Gasteiger partial charge in [-0.05, 0) is 30.3 Å². The summed E-state index contributed by atoms with van der Waals surface area (Å²) in [6, 6.07) is 13.6. The van der Waals surface area contributed by atoms with E-state index in [0.717, 1.165) is 5.69 Å². The van der Waals surface area contributed by atoms with Crippen LogP contribution in [0.1, 0.15) is 36.8 Å². The summed E-state index contributed by atoms with van der Waals surface area (Å²) >= 11 is 18.5. The zero-order valence-corrected chi connectivity index (χ0v) is 22.2. The van der Waals surface area contributed by atoms with E-state index < -0.39 is 5.91 Å². The van der Waals surface area contributed by atoms with Crippen LogP contribution in [0, 0.1) is 0 Å². The van der Waals surface area contributed by atoms with Crippen LogP contribution in [-0.2, 0) is 14.9 Å². The van der Waals surface area contributed by atoms with Crippen LogP contribution in [0.2, 0.25) is 15.1 Å². The molecule has 0 spiro atoms. The van der Waals surface area contributed by atoms with Crippen molar-refractivity contribution in [3.8, 4) is 5.69 Å². The molecule has 0 saturated carbocycles. The Labute approximate surface area is 219 Å². The van der Waals surface area contributed by atoms with E-state index >= 15 is 0 Å². The number of carbonyl (C=O) groups excluding carboxylic acids is 2. The predicted octanol–water partition coefficient (Wildman–Crippen LogP) is 5.86. The zero-order valence-electron chi connectivity index (χ0n) is 19.9. The molecule has 1 aromatic heterocycles. The van der Waals surface area contributed by atoms with Gasteiger partial charge >= 0.3 is 0 Å². The summed E-state index contributed by atoms with van der Waals surface area (Å²) in [6.45, 7) is 6.34. The highest BCUT2D eigenvalue weighted by molar-refractivity contribution is 6.42. The molecule has 0 radical (unpaired) electrons. The lowest BCUT2D eigenvalue weighted by Crippen LogP contribution is -2.40. The molecule has 0 aliphatic rings. The summed E-state index contributed by atoms with van der Waals surface area (Å²) in [5.41, 5.74) is 1.46. The average Bonchev–Trinajstić information content (AvgIpc) is 3.22. The molecule has 0 saturated heterocycles. The molecule has 186 valence electrons. The summed E-state index contributed by atoms with van der Waals surface area (Å²) in [7, 11) is 1.53. The Hall–Kier alpha value is -2.58. The molecule has 7 nitrogen and oxygen atoms in total. The summed E-state index contributed by atoms with van der Waals surface area (Å²) in [4.78, 5) is 27.6. The number of nitrogens with one attached hydrogen (secondary N) is 1. The first kappa shape index (κ1) is 27.0. The van der Waals surface area contributed by atoms with Gasteiger partial charge in [-0.2, -0.15) is 5.10 Å². The number of halogens is 3. The minimum Gasteiger partial charge on any atom is -0.383 e. The molecule has 35 heavy (non-hydrogen) atoms. The maximum atomic E-state index is 13.1. The number of ether oxygens (including phenoxy) is 1. The van der Waals surface area contributed by atoms with Crippen LogP contribution in [0.3, 0.4) is 0 Å². The number of rotatable bonds is 8. The monoisotopic (exact) mass is 536 g/mol. The van der Waals surface area contributed by atoms with Crippen molar-refractivity contribution in [2.75, 3.05) is 32.1 Å². The van der Waals surface area contributed by atoms with E-state index in [1.165, 1.54) is 18.1 Å². The first-order valence-electron chi connectivity index (χ1n) is 10.9. The number of amides is 2. The number of anilines is 1. The Morgan fingerprint density at radius 1 is 1.03 bits per heavy atom. The summed E-state index contributed by atoms with van der Waals surface area (Å²) in [5, 5.41) is 8.65. The van der Waals surface area contributed by atoms with Crippen molar-refractivity contribution in [3.05, 3.63) is 74.9 Å². The van der Waals surface area contributed by atoms with E-state index in [1.807, 2.05) is 45.0 Å². The Morgan fingerprint density at radius 2 is 1.74 bits per heavy atom. The minimum absolute atomic E-state index is 0.207. The van der Waals surface area contributed by atoms with E-state index in [-0.39, 0.29) is 36.0 Å². The lowest BCUT2D eigenvalue weighted by Gasteiger charge is -2.22. The smallest absolute Gasteiger partial charge is 0.254 e. The van der Waals surface area contributed by atoms with Gasteiger partial charge in [0.05, 0.1) is 33.1 Å². The fourth-order valence-electron chi connectivity index (χ4n) is 3.27. The maximum absolute atomic E-state index is 13.1. The molecule has 0 unspecified atom stereocenters. The third-order valence-corrected chi connectivity index (χ3v) is 6.24. The molecular weight excluding hydrogens is 511 g/mol. The lowest BCUT2D eigenvalue weighted by molar-refractivity contribution is -0.117. The number of methoxy groups -OCH3 is 1. The zero-order chi connectivity index (χ0) is 25.8. The number of benzene rings is 2. The van der Waals surface area contributed by atoms with Gasteiger partial charge in [-0.3, -0.25) is 9.59 Å². The van der Waals surface area contributed by atoms with E-state index in [9.17, 15) is 9.59 Å². The van der Waals surface area contributed by atoms with Gasteiger partial charge in [0.25, 0.3) is 5.91 Å². The highest BCUT2D eigenvalue weighted by Crippen LogP contribution is 2.29. The largest absolute Gasteiger partial charge is 0.383 e. The van der Waals surface area contributed by atoms with E-state index in [2.05, 4.69) is 10.4 Å². The van der Waals surface area contributed by atoms with Gasteiger partial charge in [0.1, 0.15) is 12.4 Å². The number of carbonyl (C=O) groups is 2. The second-order valence-corrected chi connectivity index (χ2v) is 10.1. The van der Waals surface area contributed by atoms with Crippen molar-refractivity contribution in [1.82, 2.24) is 14.7 Å². The maximum Gasteiger partial charge on any atom is 0.254 e. The van der Waals surface area contributed by atoms with Crippen LogP contribution in [0.4, 0.5) is 5.82 Å². The normalized spacial score (nSPS) is 11.4. The topological polar surface area (TPSA) is 76.5 Å². The van der Waals surface area contributed by atoms with Gasteiger partial charge < -0.3 is 15.0 Å². The van der Waals surface area contributed by atoms with E-state index in [0.29, 0.717) is 27.1 Å². The van der Waals surface area contributed by atoms with Crippen LogP contribution < -0.4 is 5.32 Å². The quantitative estimate of drug-likeness (QED) is 0.391. The second kappa shape index (κ2) is 11.4. The van der Waals surface area contributed by atoms with Gasteiger partial charge in [-0.15, -0.1) is 0 Å². The van der Waals surface area contributed by atoms with Crippen LogP contribution in [0.15, 0.2) is 48.5 Å². The first-order chi connectivity index (χ1) is 16.5. The molecule has 2 aromatic carbocycles. The Morgan fingerprint density at radius 3 is 2.37 bits per heavy atom. The van der Waals surface area contributed by atoms with Gasteiger partial charge in [0.15, 0.2) is 0 Å². The second-order valence-electron chi connectivity index (χ2n) is 8.92. The number of nitrogens with zero attached hydrogens (tertiary/aromatic N) is 3. The molecular formula is C25H27Cl3N4O3. The predicted molar refractivity (Wildman–Crippen MR) is 140 cm³/mol. The number of hydrogen-bond donors (Lipinski definition) is 1. The molecule has 0 bridgehead atoms. The van der Waals surface area contributed by atoms with Crippen molar-refractivity contribution < 1.29 is 14.3 Å². The molecule has 0 aliphatic carbocycles. The van der Waals surface area contributed by atoms with Crippen LogP contribution in [0.5, 0.6) is 0 Å². The van der Waals surface area contributed by atoms with Gasteiger partial charge in [0.2, 0.25) is 5.91 Å². The van der Waals surface area contributed by atoms with Crippen molar-refractivity contribution in [1.29, 1.82) is 0 Å². The Kier molecular flexibility index (Phi) is 8.83. The van der Waals surface area contributed by atoms with Crippen molar-refractivity contribution in [3.63, 3.8) is 0 Å².